The van der Waals surface area contributed by atoms with Crippen molar-refractivity contribution >= 4 is 10.9 Å². The lowest BCUT2D eigenvalue weighted by Gasteiger charge is -2.18. The van der Waals surface area contributed by atoms with Crippen LogP contribution < -0.4 is 10.9 Å². The van der Waals surface area contributed by atoms with Gasteiger partial charge in [-0.3, -0.25) is 9.36 Å². The molecule has 0 saturated heterocycles. The molecule has 0 unspecified atom stereocenters. The molecule has 1 atom stereocenters. The number of hydrogen-bond donors (Lipinski definition) is 1. The first-order chi connectivity index (χ1) is 9.72. The van der Waals surface area contributed by atoms with Gasteiger partial charge < -0.3 is 5.32 Å². The molecule has 2 N–H and O–H groups in total. The highest BCUT2D eigenvalue weighted by Crippen LogP contribution is 2.14. The number of quaternary nitrogens is 1. The summed E-state index contributed by atoms with van der Waals surface area (Å²) in [7, 11) is 0. The maximum Gasteiger partial charge on any atom is 0.261 e. The molecule has 0 saturated carbocycles. The molecule has 1 aromatic heterocycles. The van der Waals surface area contributed by atoms with Crippen molar-refractivity contribution in [2.75, 3.05) is 6.54 Å². The van der Waals surface area contributed by atoms with Crippen molar-refractivity contribution < 1.29 is 5.32 Å². The fourth-order valence-corrected chi connectivity index (χ4v) is 2.65. The van der Waals surface area contributed by atoms with E-state index in [9.17, 15) is 4.79 Å². The van der Waals surface area contributed by atoms with Crippen molar-refractivity contribution in [3.63, 3.8) is 0 Å². The Morgan fingerprint density at radius 1 is 1.25 bits per heavy atom. The Morgan fingerprint density at radius 2 is 2.00 bits per heavy atom. The van der Waals surface area contributed by atoms with Crippen molar-refractivity contribution in [2.45, 2.75) is 46.2 Å². The molecule has 0 fully saturated rings. The van der Waals surface area contributed by atoms with Gasteiger partial charge >= 0.3 is 0 Å². The third kappa shape index (κ3) is 2.75. The molecule has 1 heterocycles. The van der Waals surface area contributed by atoms with E-state index in [0.29, 0.717) is 0 Å². The zero-order valence-corrected chi connectivity index (χ0v) is 12.6. The fourth-order valence-electron chi connectivity index (χ4n) is 2.65. The third-order valence-electron chi connectivity index (χ3n) is 3.63. The number of rotatable bonds is 6. The van der Waals surface area contributed by atoms with E-state index < -0.39 is 0 Å². The molecule has 0 radical (unpaired) electrons. The van der Waals surface area contributed by atoms with Crippen LogP contribution in [0.5, 0.6) is 0 Å². The molecule has 4 nitrogen and oxygen atoms in total. The minimum atomic E-state index is 0.0930. The number of fused-ring (bicyclic) bond motifs is 1. The normalized spacial score (nSPS) is 12.8. The van der Waals surface area contributed by atoms with Gasteiger partial charge in [-0.1, -0.05) is 26.0 Å². The summed E-state index contributed by atoms with van der Waals surface area (Å²) in [5, 5.41) is 2.97. The number of hydrogen-bond acceptors (Lipinski definition) is 2. The summed E-state index contributed by atoms with van der Waals surface area (Å²) < 4.78 is 1.86. The number of para-hydroxylation sites is 1. The SMILES string of the molecule is CCCn1c([C@H](CC)[NH2+]CC)nc2ccccc2c1=O. The molecule has 0 bridgehead atoms. The van der Waals surface area contributed by atoms with E-state index in [2.05, 4.69) is 26.1 Å². The van der Waals surface area contributed by atoms with Crippen LogP contribution in [0.4, 0.5) is 0 Å². The Kier molecular flexibility index (Phi) is 4.90. The average molecular weight is 274 g/mol. The van der Waals surface area contributed by atoms with Crippen molar-refractivity contribution in [1.82, 2.24) is 9.55 Å². The van der Waals surface area contributed by atoms with Crippen LogP contribution in [0.25, 0.3) is 10.9 Å². The highest BCUT2D eigenvalue weighted by Gasteiger charge is 2.20. The van der Waals surface area contributed by atoms with Gasteiger partial charge in [-0.25, -0.2) is 4.98 Å². The van der Waals surface area contributed by atoms with E-state index in [1.807, 2.05) is 28.8 Å². The molecule has 1 aromatic carbocycles. The second kappa shape index (κ2) is 6.66. The van der Waals surface area contributed by atoms with Gasteiger partial charge in [0.2, 0.25) is 0 Å². The summed E-state index contributed by atoms with van der Waals surface area (Å²) in [5.74, 6) is 0.917. The fraction of sp³-hybridized carbons (Fsp3) is 0.500. The monoisotopic (exact) mass is 274 g/mol. The first kappa shape index (κ1) is 14.7. The molecule has 20 heavy (non-hydrogen) atoms. The molecular formula is C16H24N3O+. The molecule has 0 spiro atoms. The molecule has 0 aliphatic heterocycles. The Morgan fingerprint density at radius 3 is 2.65 bits per heavy atom. The molecular weight excluding hydrogens is 250 g/mol. The van der Waals surface area contributed by atoms with Gasteiger partial charge in [-0.2, -0.15) is 0 Å². The lowest BCUT2D eigenvalue weighted by molar-refractivity contribution is -0.695. The van der Waals surface area contributed by atoms with Gasteiger partial charge in [0.15, 0.2) is 5.82 Å². The quantitative estimate of drug-likeness (QED) is 0.874. The number of benzene rings is 1. The van der Waals surface area contributed by atoms with Gasteiger partial charge in [0, 0.05) is 13.0 Å². The number of nitrogens with zero attached hydrogens (tertiary/aromatic N) is 2. The van der Waals surface area contributed by atoms with Crippen LogP contribution in [0.2, 0.25) is 0 Å². The summed E-state index contributed by atoms with van der Waals surface area (Å²) in [5.41, 5.74) is 0.901. The Bertz CT molecular complexity index is 633. The minimum absolute atomic E-state index is 0.0930. The van der Waals surface area contributed by atoms with Crippen LogP contribution in [-0.2, 0) is 6.54 Å². The molecule has 0 aliphatic carbocycles. The van der Waals surface area contributed by atoms with Gasteiger partial charge in [-0.05, 0) is 25.5 Å². The summed E-state index contributed by atoms with van der Waals surface area (Å²) >= 11 is 0. The Labute approximate surface area is 119 Å². The van der Waals surface area contributed by atoms with E-state index in [1.165, 1.54) is 0 Å². The standard InChI is InChI=1S/C16H23N3O/c1-4-11-19-15(13(5-2)17-6-3)18-14-10-8-7-9-12(14)16(19)20/h7-10,13,17H,4-6,11H2,1-3H3/p+1/t13-/m0/s1. The van der Waals surface area contributed by atoms with Gasteiger partial charge in [0.25, 0.3) is 5.56 Å². The Hall–Kier alpha value is -1.68. The molecule has 108 valence electrons. The predicted molar refractivity (Wildman–Crippen MR) is 81.8 cm³/mol. The van der Waals surface area contributed by atoms with Crippen molar-refractivity contribution in [1.29, 1.82) is 0 Å². The van der Waals surface area contributed by atoms with E-state index >= 15 is 0 Å². The van der Waals surface area contributed by atoms with E-state index in [0.717, 1.165) is 42.7 Å². The number of nitrogens with two attached hydrogens (primary N) is 1. The first-order valence-electron chi connectivity index (χ1n) is 7.55. The average Bonchev–Trinajstić information content (AvgIpc) is 2.48. The Balaban J connectivity index is 2.67. The van der Waals surface area contributed by atoms with Crippen LogP contribution >= 0.6 is 0 Å². The molecule has 4 heteroatoms. The van der Waals surface area contributed by atoms with Crippen LogP contribution in [0.15, 0.2) is 29.1 Å². The molecule has 0 aliphatic rings. The largest absolute Gasteiger partial charge is 0.338 e. The zero-order valence-electron chi connectivity index (χ0n) is 12.6. The van der Waals surface area contributed by atoms with E-state index in [-0.39, 0.29) is 11.6 Å². The first-order valence-corrected chi connectivity index (χ1v) is 7.55. The lowest BCUT2D eigenvalue weighted by Crippen LogP contribution is -2.85. The summed E-state index contributed by atoms with van der Waals surface area (Å²) in [6, 6.07) is 7.88. The summed E-state index contributed by atoms with van der Waals surface area (Å²) in [6.45, 7) is 8.10. The highest BCUT2D eigenvalue weighted by molar-refractivity contribution is 5.77. The lowest BCUT2D eigenvalue weighted by atomic mass is 10.1. The minimum Gasteiger partial charge on any atom is -0.338 e. The van der Waals surface area contributed by atoms with Crippen LogP contribution in [0.1, 0.15) is 45.5 Å². The highest BCUT2D eigenvalue weighted by atomic mass is 16.1. The smallest absolute Gasteiger partial charge is 0.261 e. The van der Waals surface area contributed by atoms with E-state index in [4.69, 9.17) is 4.98 Å². The topological polar surface area (TPSA) is 51.5 Å². The van der Waals surface area contributed by atoms with Crippen LogP contribution in [-0.4, -0.2) is 16.1 Å². The second-order valence-corrected chi connectivity index (χ2v) is 5.10. The van der Waals surface area contributed by atoms with Crippen molar-refractivity contribution in [3.8, 4) is 0 Å². The maximum absolute atomic E-state index is 12.7. The maximum atomic E-state index is 12.7. The second-order valence-electron chi connectivity index (χ2n) is 5.10. The van der Waals surface area contributed by atoms with Crippen LogP contribution in [0, 0.1) is 0 Å². The molecule has 2 aromatic rings. The van der Waals surface area contributed by atoms with Gasteiger partial charge in [-0.15, -0.1) is 0 Å². The summed E-state index contributed by atoms with van der Waals surface area (Å²) in [6.07, 6.45) is 1.91. The van der Waals surface area contributed by atoms with E-state index in [1.54, 1.807) is 0 Å². The van der Waals surface area contributed by atoms with Crippen molar-refractivity contribution in [3.05, 3.63) is 40.4 Å². The van der Waals surface area contributed by atoms with Crippen molar-refractivity contribution in [2.24, 2.45) is 0 Å². The molecule has 0 amide bonds. The predicted octanol–water partition coefficient (Wildman–Crippen LogP) is 1.84. The zero-order chi connectivity index (χ0) is 14.5. The summed E-state index contributed by atoms with van der Waals surface area (Å²) in [4.78, 5) is 17.4. The third-order valence-corrected chi connectivity index (χ3v) is 3.63. The van der Waals surface area contributed by atoms with Gasteiger partial charge in [0.05, 0.1) is 17.4 Å². The molecule has 2 rings (SSSR count). The van der Waals surface area contributed by atoms with Gasteiger partial charge in [0.1, 0.15) is 6.04 Å². The number of aromatic nitrogens is 2. The van der Waals surface area contributed by atoms with Crippen LogP contribution in [0.3, 0.4) is 0 Å².